The third kappa shape index (κ3) is 5.52. The summed E-state index contributed by atoms with van der Waals surface area (Å²) in [6.07, 6.45) is 0. The van der Waals surface area contributed by atoms with E-state index in [-0.39, 0.29) is 11.6 Å². The topological polar surface area (TPSA) is 110 Å². The van der Waals surface area contributed by atoms with Gasteiger partial charge in [0.25, 0.3) is 0 Å². The fourth-order valence-electron chi connectivity index (χ4n) is 1.25. The van der Waals surface area contributed by atoms with E-state index in [1.165, 1.54) is 6.92 Å². The number of hydrazone groups is 1. The molecular formula is C13H13N5O2. The maximum Gasteiger partial charge on any atom is 0.237 e. The number of hydrogen-bond donors (Lipinski definition) is 2. The predicted octanol–water partition coefficient (Wildman–Crippen LogP) is 1.02. The molecule has 20 heavy (non-hydrogen) atoms. The highest BCUT2D eigenvalue weighted by atomic mass is 16.5. The van der Waals surface area contributed by atoms with Crippen molar-refractivity contribution in [3.8, 4) is 17.9 Å². The van der Waals surface area contributed by atoms with Gasteiger partial charge in [-0.25, -0.2) is 0 Å². The van der Waals surface area contributed by atoms with E-state index >= 15 is 0 Å². The number of benzene rings is 1. The first kappa shape index (κ1) is 15.0. The molecule has 7 heteroatoms. The molecular weight excluding hydrogens is 258 g/mol. The minimum absolute atomic E-state index is 0.112. The van der Waals surface area contributed by atoms with Crippen molar-refractivity contribution >= 4 is 17.3 Å². The van der Waals surface area contributed by atoms with Gasteiger partial charge < -0.3 is 10.1 Å². The van der Waals surface area contributed by atoms with Crippen LogP contribution in [0.4, 0.5) is 5.69 Å². The molecule has 1 aromatic rings. The van der Waals surface area contributed by atoms with Gasteiger partial charge in [-0.1, -0.05) is 6.07 Å². The van der Waals surface area contributed by atoms with Gasteiger partial charge in [-0.3, -0.25) is 10.2 Å². The van der Waals surface area contributed by atoms with E-state index in [9.17, 15) is 4.79 Å². The number of nitriles is 2. The summed E-state index contributed by atoms with van der Waals surface area (Å²) in [6, 6.07) is 10.2. The third-order valence-corrected chi connectivity index (χ3v) is 2.09. The van der Waals surface area contributed by atoms with Crippen molar-refractivity contribution < 1.29 is 9.53 Å². The summed E-state index contributed by atoms with van der Waals surface area (Å²) < 4.78 is 5.42. The second-order valence-electron chi connectivity index (χ2n) is 3.66. The van der Waals surface area contributed by atoms with Gasteiger partial charge >= 0.3 is 0 Å². The molecule has 0 atom stereocenters. The Balaban J connectivity index is 2.54. The smallest absolute Gasteiger partial charge is 0.237 e. The van der Waals surface area contributed by atoms with Crippen LogP contribution in [0.2, 0.25) is 0 Å². The molecule has 0 spiro atoms. The highest BCUT2D eigenvalue weighted by Crippen LogP contribution is 2.17. The van der Waals surface area contributed by atoms with Crippen LogP contribution in [0, 0.1) is 22.7 Å². The molecule has 0 unspecified atom stereocenters. The maximum absolute atomic E-state index is 10.7. The second kappa shape index (κ2) is 8.11. The number of ether oxygens (including phenoxy) is 1. The molecule has 0 bridgehead atoms. The highest BCUT2D eigenvalue weighted by molar-refractivity contribution is 6.10. The Morgan fingerprint density at radius 2 is 2.15 bits per heavy atom. The summed E-state index contributed by atoms with van der Waals surface area (Å²) in [7, 11) is 0. The monoisotopic (exact) mass is 271 g/mol. The zero-order chi connectivity index (χ0) is 14.8. The molecule has 1 amide bonds. The molecule has 7 nitrogen and oxygen atoms in total. The summed E-state index contributed by atoms with van der Waals surface area (Å²) in [5, 5.41) is 23.3. The van der Waals surface area contributed by atoms with Gasteiger partial charge in [0.2, 0.25) is 11.6 Å². The van der Waals surface area contributed by atoms with E-state index in [2.05, 4.69) is 15.8 Å². The van der Waals surface area contributed by atoms with Crippen LogP contribution in [0.15, 0.2) is 29.4 Å². The molecule has 1 rings (SSSR count). The van der Waals surface area contributed by atoms with E-state index < -0.39 is 0 Å². The SMILES string of the molecule is CC(=O)NCCOc1cccc(NN=C(C#N)C#N)c1. The quantitative estimate of drug-likeness (QED) is 0.456. The number of nitrogens with zero attached hydrogens (tertiary/aromatic N) is 3. The maximum atomic E-state index is 10.7. The molecule has 0 aromatic heterocycles. The van der Waals surface area contributed by atoms with Gasteiger partial charge in [0.15, 0.2) is 0 Å². The Labute approximate surface area is 116 Å². The normalized spacial score (nSPS) is 8.75. The van der Waals surface area contributed by atoms with Crippen LogP contribution in [-0.4, -0.2) is 24.8 Å². The first-order valence-corrected chi connectivity index (χ1v) is 5.77. The molecule has 0 saturated heterocycles. The molecule has 0 fully saturated rings. The molecule has 0 aliphatic carbocycles. The Bertz CT molecular complexity index is 567. The second-order valence-corrected chi connectivity index (χ2v) is 3.66. The number of carbonyl (C=O) groups excluding carboxylic acids is 1. The van der Waals surface area contributed by atoms with Crippen molar-refractivity contribution in [1.82, 2.24) is 5.32 Å². The Kier molecular flexibility index (Phi) is 6.09. The first-order valence-electron chi connectivity index (χ1n) is 5.77. The fraction of sp³-hybridized carbons (Fsp3) is 0.231. The number of hydrogen-bond acceptors (Lipinski definition) is 6. The summed E-state index contributed by atoms with van der Waals surface area (Å²) in [6.45, 7) is 2.19. The van der Waals surface area contributed by atoms with Crippen LogP contribution in [0.1, 0.15) is 6.92 Å². The lowest BCUT2D eigenvalue weighted by atomic mass is 10.3. The average Bonchev–Trinajstić information content (AvgIpc) is 2.45. The number of amides is 1. The van der Waals surface area contributed by atoms with Crippen molar-refractivity contribution in [2.75, 3.05) is 18.6 Å². The molecule has 102 valence electrons. The molecule has 0 saturated carbocycles. The van der Waals surface area contributed by atoms with Crippen LogP contribution < -0.4 is 15.5 Å². The van der Waals surface area contributed by atoms with Crippen LogP contribution in [-0.2, 0) is 4.79 Å². The van der Waals surface area contributed by atoms with Gasteiger partial charge in [0.1, 0.15) is 24.5 Å². The van der Waals surface area contributed by atoms with Gasteiger partial charge in [0, 0.05) is 13.0 Å². The average molecular weight is 271 g/mol. The third-order valence-electron chi connectivity index (χ3n) is 2.09. The van der Waals surface area contributed by atoms with E-state index in [0.29, 0.717) is 24.6 Å². The van der Waals surface area contributed by atoms with Crippen molar-refractivity contribution in [2.45, 2.75) is 6.92 Å². The fourth-order valence-corrected chi connectivity index (χ4v) is 1.25. The first-order chi connectivity index (χ1) is 9.65. The molecule has 0 aliphatic rings. The summed E-state index contributed by atoms with van der Waals surface area (Å²) in [4.78, 5) is 10.7. The van der Waals surface area contributed by atoms with Crippen LogP contribution in [0.3, 0.4) is 0 Å². The van der Waals surface area contributed by atoms with E-state index in [1.54, 1.807) is 36.4 Å². The number of rotatable bonds is 6. The van der Waals surface area contributed by atoms with Gasteiger partial charge in [0.05, 0.1) is 12.2 Å². The lowest BCUT2D eigenvalue weighted by Gasteiger charge is -2.08. The van der Waals surface area contributed by atoms with Crippen molar-refractivity contribution in [2.24, 2.45) is 5.10 Å². The van der Waals surface area contributed by atoms with Crippen molar-refractivity contribution in [3.05, 3.63) is 24.3 Å². The highest BCUT2D eigenvalue weighted by Gasteiger charge is 1.98. The van der Waals surface area contributed by atoms with Crippen molar-refractivity contribution in [1.29, 1.82) is 10.5 Å². The molecule has 1 aromatic carbocycles. The summed E-state index contributed by atoms with van der Waals surface area (Å²) >= 11 is 0. The zero-order valence-corrected chi connectivity index (χ0v) is 10.9. The largest absolute Gasteiger partial charge is 0.492 e. The zero-order valence-electron chi connectivity index (χ0n) is 10.9. The lowest BCUT2D eigenvalue weighted by molar-refractivity contribution is -0.119. The molecule has 0 aliphatic heterocycles. The lowest BCUT2D eigenvalue weighted by Crippen LogP contribution is -2.25. The van der Waals surface area contributed by atoms with Gasteiger partial charge in [-0.2, -0.15) is 15.6 Å². The van der Waals surface area contributed by atoms with Crippen LogP contribution in [0.25, 0.3) is 0 Å². The minimum Gasteiger partial charge on any atom is -0.492 e. The van der Waals surface area contributed by atoms with E-state index in [4.69, 9.17) is 15.3 Å². The Morgan fingerprint density at radius 3 is 2.80 bits per heavy atom. The van der Waals surface area contributed by atoms with E-state index in [1.807, 2.05) is 0 Å². The van der Waals surface area contributed by atoms with Gasteiger partial charge in [-0.15, -0.1) is 0 Å². The van der Waals surface area contributed by atoms with Crippen LogP contribution >= 0.6 is 0 Å². The van der Waals surface area contributed by atoms with Gasteiger partial charge in [-0.05, 0) is 12.1 Å². The predicted molar refractivity (Wildman–Crippen MR) is 72.9 cm³/mol. The number of carbonyl (C=O) groups is 1. The van der Waals surface area contributed by atoms with Crippen molar-refractivity contribution in [3.63, 3.8) is 0 Å². The summed E-state index contributed by atoms with van der Waals surface area (Å²) in [5.41, 5.74) is 2.91. The minimum atomic E-state index is -0.262. The molecule has 2 N–H and O–H groups in total. The number of nitrogens with one attached hydrogen (secondary N) is 2. The summed E-state index contributed by atoms with van der Waals surface area (Å²) in [5.74, 6) is 0.477. The van der Waals surface area contributed by atoms with Crippen LogP contribution in [0.5, 0.6) is 5.75 Å². The molecule has 0 radical (unpaired) electrons. The molecule has 0 heterocycles. The Hall–Kier alpha value is -3.06. The van der Waals surface area contributed by atoms with E-state index in [0.717, 1.165) is 0 Å². The Morgan fingerprint density at radius 1 is 1.40 bits per heavy atom. The standard InChI is InChI=1S/C13H13N5O2/c1-10(19)16-5-6-20-13-4-2-3-11(7-13)17-18-12(8-14)9-15/h2-4,7,17H,5-6H2,1H3,(H,16,19). The number of anilines is 1.